The van der Waals surface area contributed by atoms with E-state index in [4.69, 9.17) is 9.47 Å². The normalized spacial score (nSPS) is 11.7. The first-order valence-electron chi connectivity index (χ1n) is 7.67. The van der Waals surface area contributed by atoms with E-state index in [1.165, 1.54) is 11.3 Å². The summed E-state index contributed by atoms with van der Waals surface area (Å²) in [6.45, 7) is 2.04. The largest absolute Gasteiger partial charge is 0.507 e. The average molecular weight is 341 g/mol. The van der Waals surface area contributed by atoms with E-state index in [-0.39, 0.29) is 5.76 Å². The molecule has 2 aromatic carbocycles. The Hall–Kier alpha value is -2.53. The Balaban J connectivity index is 2.06. The minimum atomic E-state index is 0.128. The minimum absolute atomic E-state index is 0.128. The highest BCUT2D eigenvalue weighted by Gasteiger charge is 2.14. The summed E-state index contributed by atoms with van der Waals surface area (Å²) in [6.07, 6.45) is 2.48. The monoisotopic (exact) mass is 341 g/mol. The number of nitrogens with zero attached hydrogens (tertiary/aromatic N) is 1. The molecule has 0 saturated carbocycles. The fourth-order valence-corrected chi connectivity index (χ4v) is 3.49. The summed E-state index contributed by atoms with van der Waals surface area (Å²) in [5.74, 6) is 1.45. The Kier molecular flexibility index (Phi) is 4.71. The summed E-state index contributed by atoms with van der Waals surface area (Å²) in [7, 11) is 3.21. The van der Waals surface area contributed by atoms with Crippen LogP contribution in [-0.2, 0) is 6.42 Å². The van der Waals surface area contributed by atoms with E-state index in [0.29, 0.717) is 11.3 Å². The zero-order valence-corrected chi connectivity index (χ0v) is 14.7. The SMILES string of the molecule is CCc1cc(C(O)=Cc2nc3ccccc3s2)c(OC)cc1OC. The molecule has 0 atom stereocenters. The standard InChI is InChI=1S/C19H19NO3S/c1-4-12-9-13(17(23-3)11-16(12)22-2)15(21)10-19-20-14-7-5-6-8-18(14)24-19/h5-11,21H,4H2,1-3H3. The van der Waals surface area contributed by atoms with Crippen molar-refractivity contribution in [2.45, 2.75) is 13.3 Å². The smallest absolute Gasteiger partial charge is 0.133 e. The number of hydrogen-bond acceptors (Lipinski definition) is 5. The van der Waals surface area contributed by atoms with Crippen LogP contribution < -0.4 is 9.47 Å². The van der Waals surface area contributed by atoms with Crippen LogP contribution in [0.4, 0.5) is 0 Å². The molecule has 0 amide bonds. The molecule has 1 aromatic heterocycles. The molecule has 24 heavy (non-hydrogen) atoms. The van der Waals surface area contributed by atoms with Gasteiger partial charge in [-0.15, -0.1) is 11.3 Å². The lowest BCUT2D eigenvalue weighted by Crippen LogP contribution is -1.97. The lowest BCUT2D eigenvalue weighted by molar-refractivity contribution is 0.388. The van der Waals surface area contributed by atoms with Crippen LogP contribution in [0.25, 0.3) is 22.1 Å². The molecule has 0 fully saturated rings. The van der Waals surface area contributed by atoms with Crippen LogP contribution in [0.2, 0.25) is 0 Å². The number of aliphatic hydroxyl groups is 1. The van der Waals surface area contributed by atoms with Gasteiger partial charge < -0.3 is 14.6 Å². The summed E-state index contributed by atoms with van der Waals surface area (Å²) in [4.78, 5) is 4.53. The number of aryl methyl sites for hydroxylation is 1. The molecular weight excluding hydrogens is 322 g/mol. The van der Waals surface area contributed by atoms with E-state index in [2.05, 4.69) is 4.98 Å². The van der Waals surface area contributed by atoms with Crippen LogP contribution in [0.1, 0.15) is 23.1 Å². The topological polar surface area (TPSA) is 51.6 Å². The molecule has 1 N–H and O–H groups in total. The second-order valence-electron chi connectivity index (χ2n) is 5.27. The molecule has 0 radical (unpaired) electrons. The second-order valence-corrected chi connectivity index (χ2v) is 6.33. The Morgan fingerprint density at radius 3 is 2.58 bits per heavy atom. The van der Waals surface area contributed by atoms with Crippen molar-refractivity contribution >= 4 is 33.4 Å². The van der Waals surface area contributed by atoms with Crippen molar-refractivity contribution in [1.29, 1.82) is 0 Å². The van der Waals surface area contributed by atoms with Crippen molar-refractivity contribution in [3.63, 3.8) is 0 Å². The number of rotatable bonds is 5. The first-order valence-corrected chi connectivity index (χ1v) is 8.49. The van der Waals surface area contributed by atoms with Crippen molar-refractivity contribution in [1.82, 2.24) is 4.98 Å². The molecule has 0 unspecified atom stereocenters. The van der Waals surface area contributed by atoms with Gasteiger partial charge in [-0.3, -0.25) is 0 Å². The zero-order valence-electron chi connectivity index (χ0n) is 13.9. The molecule has 3 rings (SSSR count). The number of hydrogen-bond donors (Lipinski definition) is 1. The van der Waals surface area contributed by atoms with E-state index in [0.717, 1.165) is 33.0 Å². The fourth-order valence-electron chi connectivity index (χ4n) is 2.59. The fraction of sp³-hybridized carbons (Fsp3) is 0.211. The van der Waals surface area contributed by atoms with Gasteiger partial charge >= 0.3 is 0 Å². The third-order valence-electron chi connectivity index (χ3n) is 3.83. The Morgan fingerprint density at radius 1 is 1.17 bits per heavy atom. The lowest BCUT2D eigenvalue weighted by Gasteiger charge is -2.13. The summed E-state index contributed by atoms with van der Waals surface area (Å²) >= 11 is 1.54. The van der Waals surface area contributed by atoms with Gasteiger partial charge in [0.2, 0.25) is 0 Å². The summed E-state index contributed by atoms with van der Waals surface area (Å²) in [5.41, 5.74) is 2.57. The van der Waals surface area contributed by atoms with Crippen LogP contribution in [0, 0.1) is 0 Å². The highest BCUT2D eigenvalue weighted by molar-refractivity contribution is 7.19. The van der Waals surface area contributed by atoms with Gasteiger partial charge in [-0.05, 0) is 30.2 Å². The third kappa shape index (κ3) is 3.08. The number of aliphatic hydroxyl groups excluding tert-OH is 1. The first kappa shape index (κ1) is 16.3. The highest BCUT2D eigenvalue weighted by Crippen LogP contribution is 2.34. The number of fused-ring (bicyclic) bond motifs is 1. The molecule has 0 aliphatic rings. The lowest BCUT2D eigenvalue weighted by atomic mass is 10.0. The van der Waals surface area contributed by atoms with Crippen molar-refractivity contribution in [3.05, 3.63) is 52.5 Å². The molecule has 0 aliphatic heterocycles. The van der Waals surface area contributed by atoms with E-state index in [1.54, 1.807) is 26.4 Å². The molecule has 0 aliphatic carbocycles. The minimum Gasteiger partial charge on any atom is -0.507 e. The number of para-hydroxylation sites is 1. The molecule has 0 spiro atoms. The van der Waals surface area contributed by atoms with Gasteiger partial charge in [0.05, 0.1) is 30.0 Å². The van der Waals surface area contributed by atoms with Crippen LogP contribution in [0.5, 0.6) is 11.5 Å². The van der Waals surface area contributed by atoms with E-state index >= 15 is 0 Å². The quantitative estimate of drug-likeness (QED) is 0.668. The maximum absolute atomic E-state index is 10.6. The van der Waals surface area contributed by atoms with Crippen LogP contribution in [0.15, 0.2) is 36.4 Å². The van der Waals surface area contributed by atoms with Crippen LogP contribution in [0.3, 0.4) is 0 Å². The maximum atomic E-state index is 10.6. The number of ether oxygens (including phenoxy) is 2. The van der Waals surface area contributed by atoms with E-state index < -0.39 is 0 Å². The number of thiazole rings is 1. The summed E-state index contributed by atoms with van der Waals surface area (Å²) < 4.78 is 11.9. The summed E-state index contributed by atoms with van der Waals surface area (Å²) in [5, 5.41) is 11.4. The van der Waals surface area contributed by atoms with E-state index in [1.807, 2.05) is 37.3 Å². The molecule has 0 bridgehead atoms. The van der Waals surface area contributed by atoms with Gasteiger partial charge in [0.25, 0.3) is 0 Å². The third-order valence-corrected chi connectivity index (χ3v) is 4.81. The molecule has 1 heterocycles. The Labute approximate surface area is 145 Å². The molecule has 124 valence electrons. The molecular formula is C19H19NO3S. The predicted molar refractivity (Wildman–Crippen MR) is 99.0 cm³/mol. The molecule has 3 aromatic rings. The van der Waals surface area contributed by atoms with Crippen molar-refractivity contribution in [2.24, 2.45) is 0 Å². The van der Waals surface area contributed by atoms with Crippen molar-refractivity contribution in [3.8, 4) is 11.5 Å². The van der Waals surface area contributed by atoms with Crippen molar-refractivity contribution in [2.75, 3.05) is 14.2 Å². The average Bonchev–Trinajstić information content (AvgIpc) is 3.02. The molecule has 5 heteroatoms. The number of aromatic nitrogens is 1. The van der Waals surface area contributed by atoms with Gasteiger partial charge in [-0.2, -0.15) is 0 Å². The van der Waals surface area contributed by atoms with Gasteiger partial charge in [0.15, 0.2) is 0 Å². The van der Waals surface area contributed by atoms with Crippen molar-refractivity contribution < 1.29 is 14.6 Å². The molecule has 0 saturated heterocycles. The summed E-state index contributed by atoms with van der Waals surface area (Å²) in [6, 6.07) is 11.6. The Morgan fingerprint density at radius 2 is 1.92 bits per heavy atom. The van der Waals surface area contributed by atoms with Crippen LogP contribution in [-0.4, -0.2) is 24.3 Å². The van der Waals surface area contributed by atoms with Gasteiger partial charge in [-0.25, -0.2) is 4.98 Å². The van der Waals surface area contributed by atoms with Gasteiger partial charge in [0, 0.05) is 12.1 Å². The Bertz CT molecular complexity index is 866. The highest BCUT2D eigenvalue weighted by atomic mass is 32.1. The maximum Gasteiger partial charge on any atom is 0.133 e. The van der Waals surface area contributed by atoms with Crippen LogP contribution >= 0.6 is 11.3 Å². The first-order chi connectivity index (χ1) is 11.7. The second kappa shape index (κ2) is 6.93. The molecule has 4 nitrogen and oxygen atoms in total. The van der Waals surface area contributed by atoms with E-state index in [9.17, 15) is 5.11 Å². The zero-order chi connectivity index (χ0) is 17.1. The van der Waals surface area contributed by atoms with Gasteiger partial charge in [0.1, 0.15) is 22.3 Å². The number of benzene rings is 2. The predicted octanol–water partition coefficient (Wildman–Crippen LogP) is 4.93. The number of methoxy groups -OCH3 is 2. The van der Waals surface area contributed by atoms with Gasteiger partial charge in [-0.1, -0.05) is 19.1 Å².